The van der Waals surface area contributed by atoms with E-state index in [-0.39, 0.29) is 13.1 Å². The SMILES string of the molecule is CC(NC(=O)CN(CCN(CC(=O)O)CC(=O)O)CC(=O)O)C(=O)O. The van der Waals surface area contributed by atoms with Gasteiger partial charge in [-0.3, -0.25) is 33.8 Å². The number of nitrogens with zero attached hydrogens (tertiary/aromatic N) is 2. The van der Waals surface area contributed by atoms with Crippen molar-refractivity contribution in [1.29, 1.82) is 0 Å². The van der Waals surface area contributed by atoms with Crippen molar-refractivity contribution in [3.63, 3.8) is 0 Å². The molecule has 0 heterocycles. The Bertz CT molecular complexity index is 507. The molecule has 0 aromatic heterocycles. The van der Waals surface area contributed by atoms with Crippen molar-refractivity contribution < 1.29 is 44.4 Å². The van der Waals surface area contributed by atoms with Gasteiger partial charge in [-0.2, -0.15) is 0 Å². The number of carboxylic acid groups (broad SMARTS) is 4. The lowest BCUT2D eigenvalue weighted by atomic mass is 10.3. The fraction of sp³-hybridized carbons (Fsp3) is 0.615. The van der Waals surface area contributed by atoms with E-state index in [0.717, 1.165) is 9.80 Å². The molecule has 0 aliphatic heterocycles. The van der Waals surface area contributed by atoms with E-state index in [0.29, 0.717) is 0 Å². The number of hydrogen-bond donors (Lipinski definition) is 5. The highest BCUT2D eigenvalue weighted by atomic mass is 16.4. The Hall–Kier alpha value is -2.73. The third-order valence-corrected chi connectivity index (χ3v) is 2.92. The second-order valence-corrected chi connectivity index (χ2v) is 5.23. The summed E-state index contributed by atoms with van der Waals surface area (Å²) in [6.45, 7) is -1.07. The summed E-state index contributed by atoms with van der Waals surface area (Å²) in [7, 11) is 0. The number of carbonyl (C=O) groups excluding carboxylic acids is 1. The number of nitrogens with one attached hydrogen (secondary N) is 1. The summed E-state index contributed by atoms with van der Waals surface area (Å²) in [6, 6.07) is -1.16. The topological polar surface area (TPSA) is 185 Å². The zero-order valence-electron chi connectivity index (χ0n) is 13.5. The largest absolute Gasteiger partial charge is 0.480 e. The van der Waals surface area contributed by atoms with Gasteiger partial charge in [-0.1, -0.05) is 0 Å². The first-order valence-electron chi connectivity index (χ1n) is 7.13. The summed E-state index contributed by atoms with van der Waals surface area (Å²) in [4.78, 5) is 56.9. The van der Waals surface area contributed by atoms with Gasteiger partial charge in [0.25, 0.3) is 0 Å². The number of hydrogen-bond acceptors (Lipinski definition) is 7. The van der Waals surface area contributed by atoms with Crippen LogP contribution in [0.25, 0.3) is 0 Å². The molecule has 0 aromatic carbocycles. The van der Waals surface area contributed by atoms with Crippen LogP contribution in [0.3, 0.4) is 0 Å². The van der Waals surface area contributed by atoms with Crippen molar-refractivity contribution >= 4 is 29.8 Å². The standard InChI is InChI=1S/C13H21N3O9/c1-8(13(24)25)14-9(17)4-15(5-10(18)19)2-3-16(6-11(20)21)7-12(22)23/h8H,2-7H2,1H3,(H,14,17)(H,18,19)(H,20,21)(H,22,23)(H,24,25). The fourth-order valence-corrected chi connectivity index (χ4v) is 1.84. The van der Waals surface area contributed by atoms with E-state index < -0.39 is 62.0 Å². The molecule has 0 aromatic rings. The molecular weight excluding hydrogens is 342 g/mol. The molecule has 1 atom stereocenters. The molecule has 25 heavy (non-hydrogen) atoms. The highest BCUT2D eigenvalue weighted by Crippen LogP contribution is 1.95. The summed E-state index contributed by atoms with van der Waals surface area (Å²) in [5.74, 6) is -5.73. The van der Waals surface area contributed by atoms with Gasteiger partial charge in [0, 0.05) is 13.1 Å². The Labute approximate surface area is 142 Å². The van der Waals surface area contributed by atoms with Crippen molar-refractivity contribution in [3.05, 3.63) is 0 Å². The highest BCUT2D eigenvalue weighted by Gasteiger charge is 2.20. The lowest BCUT2D eigenvalue weighted by Gasteiger charge is -2.24. The zero-order chi connectivity index (χ0) is 19.6. The molecule has 0 radical (unpaired) electrons. The molecule has 0 saturated carbocycles. The van der Waals surface area contributed by atoms with Gasteiger partial charge in [0.1, 0.15) is 6.04 Å². The van der Waals surface area contributed by atoms with Crippen LogP contribution in [0, 0.1) is 0 Å². The van der Waals surface area contributed by atoms with Crippen molar-refractivity contribution in [2.24, 2.45) is 0 Å². The molecule has 1 amide bonds. The monoisotopic (exact) mass is 363 g/mol. The van der Waals surface area contributed by atoms with Crippen LogP contribution in [0.4, 0.5) is 0 Å². The maximum atomic E-state index is 11.7. The van der Waals surface area contributed by atoms with Gasteiger partial charge in [0.05, 0.1) is 26.2 Å². The molecule has 5 N–H and O–H groups in total. The van der Waals surface area contributed by atoms with Crippen molar-refractivity contribution in [2.75, 3.05) is 39.3 Å². The van der Waals surface area contributed by atoms with E-state index in [2.05, 4.69) is 5.32 Å². The van der Waals surface area contributed by atoms with Crippen LogP contribution in [0.5, 0.6) is 0 Å². The highest BCUT2D eigenvalue weighted by molar-refractivity contribution is 5.84. The maximum absolute atomic E-state index is 11.7. The van der Waals surface area contributed by atoms with Gasteiger partial charge >= 0.3 is 23.9 Å². The third kappa shape index (κ3) is 11.4. The second kappa shape index (κ2) is 10.9. The zero-order valence-corrected chi connectivity index (χ0v) is 13.5. The fourth-order valence-electron chi connectivity index (χ4n) is 1.84. The molecule has 0 aliphatic rings. The van der Waals surface area contributed by atoms with Crippen molar-refractivity contribution in [3.8, 4) is 0 Å². The lowest BCUT2D eigenvalue weighted by molar-refractivity contribution is -0.143. The summed E-state index contributed by atoms with van der Waals surface area (Å²) < 4.78 is 0. The quantitative estimate of drug-likeness (QED) is 0.232. The van der Waals surface area contributed by atoms with E-state index in [4.69, 9.17) is 20.4 Å². The molecule has 142 valence electrons. The molecule has 0 aliphatic carbocycles. The minimum atomic E-state index is -1.26. The van der Waals surface area contributed by atoms with Crippen LogP contribution in [-0.4, -0.2) is 105 Å². The van der Waals surface area contributed by atoms with E-state index in [1.54, 1.807) is 0 Å². The molecular formula is C13H21N3O9. The van der Waals surface area contributed by atoms with E-state index >= 15 is 0 Å². The van der Waals surface area contributed by atoms with Gasteiger partial charge < -0.3 is 25.7 Å². The average molecular weight is 363 g/mol. The van der Waals surface area contributed by atoms with Crippen LogP contribution in [-0.2, 0) is 24.0 Å². The Morgan fingerprint density at radius 2 is 1.12 bits per heavy atom. The molecule has 0 bridgehead atoms. The molecule has 0 spiro atoms. The number of carboxylic acids is 4. The summed E-state index contributed by atoms with van der Waals surface area (Å²) in [5.41, 5.74) is 0. The first-order chi connectivity index (χ1) is 11.5. The number of aliphatic carboxylic acids is 4. The van der Waals surface area contributed by atoms with Crippen LogP contribution >= 0.6 is 0 Å². The summed E-state index contributed by atoms with van der Waals surface area (Å²) in [6.07, 6.45) is 0. The first-order valence-corrected chi connectivity index (χ1v) is 7.13. The minimum absolute atomic E-state index is 0.0955. The number of amides is 1. The van der Waals surface area contributed by atoms with Crippen LogP contribution in [0.2, 0.25) is 0 Å². The summed E-state index contributed by atoms with van der Waals surface area (Å²) >= 11 is 0. The Balaban J connectivity index is 4.76. The van der Waals surface area contributed by atoms with Gasteiger partial charge in [-0.25, -0.2) is 0 Å². The average Bonchev–Trinajstić information content (AvgIpc) is 2.42. The minimum Gasteiger partial charge on any atom is -0.480 e. The predicted molar refractivity (Wildman–Crippen MR) is 81.0 cm³/mol. The van der Waals surface area contributed by atoms with Gasteiger partial charge in [-0.05, 0) is 6.92 Å². The predicted octanol–water partition coefficient (Wildman–Crippen LogP) is -2.57. The Kier molecular flexibility index (Phi) is 9.74. The van der Waals surface area contributed by atoms with Crippen LogP contribution in [0.15, 0.2) is 0 Å². The molecule has 0 fully saturated rings. The van der Waals surface area contributed by atoms with Gasteiger partial charge in [-0.15, -0.1) is 0 Å². The van der Waals surface area contributed by atoms with Crippen LogP contribution in [0.1, 0.15) is 6.92 Å². The lowest BCUT2D eigenvalue weighted by Crippen LogP contribution is -2.47. The number of rotatable bonds is 13. The summed E-state index contributed by atoms with van der Waals surface area (Å²) in [5, 5.41) is 37.2. The van der Waals surface area contributed by atoms with E-state index in [1.807, 2.05) is 0 Å². The molecule has 12 nitrogen and oxygen atoms in total. The van der Waals surface area contributed by atoms with Crippen molar-refractivity contribution in [1.82, 2.24) is 15.1 Å². The first kappa shape index (κ1) is 22.3. The van der Waals surface area contributed by atoms with Gasteiger partial charge in [0.2, 0.25) is 5.91 Å². The third-order valence-electron chi connectivity index (χ3n) is 2.92. The smallest absolute Gasteiger partial charge is 0.325 e. The van der Waals surface area contributed by atoms with Crippen molar-refractivity contribution in [2.45, 2.75) is 13.0 Å². The molecule has 0 saturated heterocycles. The van der Waals surface area contributed by atoms with E-state index in [9.17, 15) is 24.0 Å². The molecule has 0 rings (SSSR count). The number of carbonyl (C=O) groups is 5. The Morgan fingerprint density at radius 3 is 1.44 bits per heavy atom. The Morgan fingerprint density at radius 1 is 0.760 bits per heavy atom. The second-order valence-electron chi connectivity index (χ2n) is 5.23. The van der Waals surface area contributed by atoms with Crippen LogP contribution < -0.4 is 5.32 Å². The molecule has 12 heteroatoms. The maximum Gasteiger partial charge on any atom is 0.325 e. The normalized spacial score (nSPS) is 12.0. The molecule has 1 unspecified atom stereocenters. The van der Waals surface area contributed by atoms with E-state index in [1.165, 1.54) is 6.92 Å². The van der Waals surface area contributed by atoms with Gasteiger partial charge in [0.15, 0.2) is 0 Å².